The summed E-state index contributed by atoms with van der Waals surface area (Å²) >= 11 is 0. The van der Waals surface area contributed by atoms with E-state index >= 15 is 0 Å². The number of para-hydroxylation sites is 2. The van der Waals surface area contributed by atoms with Gasteiger partial charge in [-0.05, 0) is 43.4 Å². The Morgan fingerprint density at radius 2 is 1.85 bits per heavy atom. The third-order valence-electron chi connectivity index (χ3n) is 7.45. The van der Waals surface area contributed by atoms with Crippen LogP contribution in [0, 0.1) is 5.92 Å². The molecule has 2 aliphatic heterocycles. The van der Waals surface area contributed by atoms with E-state index in [1.54, 1.807) is 0 Å². The van der Waals surface area contributed by atoms with Gasteiger partial charge in [0.1, 0.15) is 0 Å². The maximum Gasteiger partial charge on any atom is 0.264 e. The summed E-state index contributed by atoms with van der Waals surface area (Å²) in [7, 11) is 0. The van der Waals surface area contributed by atoms with E-state index in [1.807, 2.05) is 40.1 Å². The molecule has 3 aromatic rings. The molecule has 0 saturated carbocycles. The third-order valence-corrected chi connectivity index (χ3v) is 7.45. The molecular weight excluding hydrogens is 422 g/mol. The lowest BCUT2D eigenvalue weighted by Crippen LogP contribution is -2.62. The van der Waals surface area contributed by atoms with Gasteiger partial charge >= 0.3 is 0 Å². The van der Waals surface area contributed by atoms with E-state index in [0.717, 1.165) is 59.1 Å². The number of carbonyl (C=O) groups excluding carboxylic acids is 2. The molecule has 0 fully saturated rings. The van der Waals surface area contributed by atoms with Gasteiger partial charge in [0.2, 0.25) is 5.91 Å². The number of benzene rings is 2. The molecule has 0 aliphatic carbocycles. The Morgan fingerprint density at radius 3 is 2.62 bits per heavy atom. The van der Waals surface area contributed by atoms with Gasteiger partial charge in [0.05, 0.1) is 11.4 Å². The second kappa shape index (κ2) is 8.61. The number of aromatic amines is 1. The van der Waals surface area contributed by atoms with Crippen LogP contribution in [-0.2, 0) is 21.5 Å². The summed E-state index contributed by atoms with van der Waals surface area (Å²) in [5.74, 6) is 0.264. The minimum Gasteiger partial charge on any atom is -0.355 e. The van der Waals surface area contributed by atoms with Gasteiger partial charge < -0.3 is 14.8 Å². The number of amides is 2. The Balaban J connectivity index is 1.79. The number of anilines is 1. The molecule has 1 spiro atoms. The largest absolute Gasteiger partial charge is 0.355 e. The van der Waals surface area contributed by atoms with E-state index < -0.39 is 5.54 Å². The van der Waals surface area contributed by atoms with Crippen LogP contribution in [0.25, 0.3) is 10.9 Å². The van der Waals surface area contributed by atoms with Gasteiger partial charge in [0.25, 0.3) is 5.91 Å². The van der Waals surface area contributed by atoms with Crippen molar-refractivity contribution >= 4 is 28.4 Å². The number of nitrogens with one attached hydrogen (secondary N) is 1. The maximum atomic E-state index is 14.6. The van der Waals surface area contributed by atoms with Crippen LogP contribution in [0.3, 0.4) is 0 Å². The molecule has 1 N–H and O–H groups in total. The normalized spacial score (nSPS) is 21.6. The summed E-state index contributed by atoms with van der Waals surface area (Å²) in [5.41, 5.74) is 3.76. The van der Waals surface area contributed by atoms with Gasteiger partial charge in [-0.3, -0.25) is 9.59 Å². The Bertz CT molecular complexity index is 1240. The average molecular weight is 458 g/mol. The van der Waals surface area contributed by atoms with Gasteiger partial charge in [0.15, 0.2) is 5.54 Å². The smallest absolute Gasteiger partial charge is 0.264 e. The monoisotopic (exact) mass is 457 g/mol. The van der Waals surface area contributed by atoms with Crippen LogP contribution >= 0.6 is 0 Å². The predicted molar refractivity (Wildman–Crippen MR) is 137 cm³/mol. The molecule has 1 aromatic heterocycles. The zero-order chi connectivity index (χ0) is 24.0. The van der Waals surface area contributed by atoms with Crippen molar-refractivity contribution in [2.45, 2.75) is 71.4 Å². The Hall–Kier alpha value is -3.08. The highest BCUT2D eigenvalue weighted by Crippen LogP contribution is 2.53. The highest BCUT2D eigenvalue weighted by Gasteiger charge is 2.61. The lowest BCUT2D eigenvalue weighted by atomic mass is 9.77. The van der Waals surface area contributed by atoms with Crippen molar-refractivity contribution in [3.8, 4) is 0 Å². The first-order valence-electron chi connectivity index (χ1n) is 12.7. The summed E-state index contributed by atoms with van der Waals surface area (Å²) in [5, 5.41) is 1.15. The first-order chi connectivity index (χ1) is 16.4. The summed E-state index contributed by atoms with van der Waals surface area (Å²) in [6.45, 7) is 9.07. The number of fused-ring (bicyclic) bond motifs is 6. The lowest BCUT2D eigenvalue weighted by molar-refractivity contribution is -0.148. The van der Waals surface area contributed by atoms with Gasteiger partial charge in [-0.1, -0.05) is 70.0 Å². The predicted octanol–water partition coefficient (Wildman–Crippen LogP) is 5.77. The van der Waals surface area contributed by atoms with Crippen LogP contribution in [0.1, 0.15) is 70.2 Å². The van der Waals surface area contributed by atoms with Crippen molar-refractivity contribution in [3.63, 3.8) is 0 Å². The minimum absolute atomic E-state index is 0.00117. The second-order valence-corrected chi connectivity index (χ2v) is 10.3. The van der Waals surface area contributed by atoms with Crippen molar-refractivity contribution < 1.29 is 9.59 Å². The highest BCUT2D eigenvalue weighted by molar-refractivity contribution is 6.12. The van der Waals surface area contributed by atoms with E-state index in [0.29, 0.717) is 13.0 Å². The molecule has 2 amide bonds. The van der Waals surface area contributed by atoms with Gasteiger partial charge in [-0.25, -0.2) is 0 Å². The number of nitrogens with zero attached hydrogens (tertiary/aromatic N) is 2. The molecule has 178 valence electrons. The van der Waals surface area contributed by atoms with E-state index in [1.165, 1.54) is 0 Å². The van der Waals surface area contributed by atoms with Crippen molar-refractivity contribution in [1.82, 2.24) is 9.88 Å². The zero-order valence-electron chi connectivity index (χ0n) is 20.7. The van der Waals surface area contributed by atoms with Crippen LogP contribution in [-0.4, -0.2) is 34.3 Å². The van der Waals surface area contributed by atoms with Crippen molar-refractivity contribution in [2.24, 2.45) is 5.92 Å². The molecule has 2 aromatic carbocycles. The Morgan fingerprint density at radius 1 is 1.12 bits per heavy atom. The zero-order valence-corrected chi connectivity index (χ0v) is 20.7. The lowest BCUT2D eigenvalue weighted by Gasteiger charge is -2.47. The number of rotatable bonds is 6. The Labute approximate surface area is 202 Å². The van der Waals surface area contributed by atoms with Gasteiger partial charge in [-0.15, -0.1) is 0 Å². The van der Waals surface area contributed by atoms with Gasteiger partial charge in [0, 0.05) is 35.5 Å². The van der Waals surface area contributed by atoms with Crippen molar-refractivity contribution in [2.75, 3.05) is 11.4 Å². The van der Waals surface area contributed by atoms with E-state index in [4.69, 9.17) is 0 Å². The van der Waals surface area contributed by atoms with Crippen LogP contribution < -0.4 is 4.90 Å². The number of carbonyl (C=O) groups is 2. The number of aromatic nitrogens is 1. The fourth-order valence-electron chi connectivity index (χ4n) is 6.09. The molecule has 0 radical (unpaired) electrons. The number of unbranched alkanes of at least 4 members (excludes halogenated alkanes) is 2. The van der Waals surface area contributed by atoms with Crippen molar-refractivity contribution in [1.29, 1.82) is 0 Å². The fourth-order valence-corrected chi connectivity index (χ4v) is 6.09. The summed E-state index contributed by atoms with van der Waals surface area (Å²) in [6, 6.07) is 16.3. The molecule has 5 rings (SSSR count). The number of hydrogen-bond acceptors (Lipinski definition) is 2. The molecular formula is C29H35N3O2. The molecule has 0 unspecified atom stereocenters. The van der Waals surface area contributed by atoms with Crippen LogP contribution in [0.2, 0.25) is 0 Å². The molecule has 0 saturated heterocycles. The first kappa shape index (κ1) is 22.7. The first-order valence-corrected chi connectivity index (χ1v) is 12.7. The van der Waals surface area contributed by atoms with Crippen LogP contribution in [0.15, 0.2) is 48.5 Å². The average Bonchev–Trinajstić information content (AvgIpc) is 3.29. The van der Waals surface area contributed by atoms with E-state index in [2.05, 4.69) is 50.9 Å². The van der Waals surface area contributed by atoms with Crippen LogP contribution in [0.4, 0.5) is 5.69 Å². The molecule has 5 nitrogen and oxygen atoms in total. The molecule has 2 atom stereocenters. The van der Waals surface area contributed by atoms with E-state index in [-0.39, 0.29) is 23.8 Å². The highest BCUT2D eigenvalue weighted by atomic mass is 16.2. The van der Waals surface area contributed by atoms with E-state index in [9.17, 15) is 9.59 Å². The number of H-pyrrole nitrogens is 1. The quantitative estimate of drug-likeness (QED) is 0.478. The topological polar surface area (TPSA) is 56.4 Å². The second-order valence-electron chi connectivity index (χ2n) is 10.3. The van der Waals surface area contributed by atoms with Crippen LogP contribution in [0.5, 0.6) is 0 Å². The maximum absolute atomic E-state index is 14.6. The molecule has 3 heterocycles. The minimum atomic E-state index is -1.15. The fraction of sp³-hybridized carbons (Fsp3) is 0.448. The standard InChI is InChI=1S/C29H35N3O2/c1-5-6-11-16-31-25-15-10-8-13-23(25)29(28(31)34)27-22(21-12-7-9-14-24(21)30-27)18-20(4)32(29)26(33)17-19(2)3/h7-10,12-15,19-20,30H,5-6,11,16-18H2,1-4H3/t20-,29+/m0/s1. The van der Waals surface area contributed by atoms with Crippen molar-refractivity contribution in [3.05, 3.63) is 65.4 Å². The summed E-state index contributed by atoms with van der Waals surface area (Å²) < 4.78 is 0. The third kappa shape index (κ3) is 3.20. The number of hydrogen-bond donors (Lipinski definition) is 1. The SMILES string of the molecule is CCCCCN1C(=O)[C@@]2(c3ccccc31)c1[nH]c3ccccc3c1C[C@H](C)N2C(=O)CC(C)C. The Kier molecular flexibility index (Phi) is 5.75. The molecule has 2 aliphatic rings. The molecule has 0 bridgehead atoms. The molecule has 5 heteroatoms. The van der Waals surface area contributed by atoms with Gasteiger partial charge in [-0.2, -0.15) is 0 Å². The summed E-state index contributed by atoms with van der Waals surface area (Å²) in [4.78, 5) is 36.0. The summed E-state index contributed by atoms with van der Waals surface area (Å²) in [6.07, 6.45) is 4.27. The molecule has 34 heavy (non-hydrogen) atoms.